The number of Topliss-reactive ketones (excluding diaryl/α,β-unsaturated/α-hetero) is 1. The molecule has 0 heterocycles. The molecule has 18 heavy (non-hydrogen) atoms. The van der Waals surface area contributed by atoms with Crippen LogP contribution in [0.5, 0.6) is 0 Å². The van der Waals surface area contributed by atoms with Gasteiger partial charge in [-0.3, -0.25) is 4.79 Å². The highest BCUT2D eigenvalue weighted by molar-refractivity contribution is 8.01. The number of hydrogen-bond acceptors (Lipinski definition) is 2. The first-order valence-electron chi connectivity index (χ1n) is 6.67. The summed E-state index contributed by atoms with van der Waals surface area (Å²) >= 11 is 1.80. The van der Waals surface area contributed by atoms with E-state index in [4.69, 9.17) is 0 Å². The average molecular weight is 258 g/mol. The van der Waals surface area contributed by atoms with Gasteiger partial charge in [-0.05, 0) is 36.8 Å². The Hall–Kier alpha value is -1.02. The van der Waals surface area contributed by atoms with Crippen molar-refractivity contribution in [3.8, 4) is 0 Å². The molecule has 3 atom stereocenters. The first-order valence-corrected chi connectivity index (χ1v) is 7.49. The van der Waals surface area contributed by atoms with Crippen molar-refractivity contribution in [1.82, 2.24) is 0 Å². The summed E-state index contributed by atoms with van der Waals surface area (Å²) < 4.78 is -0.198. The minimum atomic E-state index is -0.198. The van der Waals surface area contributed by atoms with Gasteiger partial charge in [0.1, 0.15) is 5.78 Å². The van der Waals surface area contributed by atoms with Crippen LogP contribution in [0.3, 0.4) is 0 Å². The molecule has 2 heteroatoms. The van der Waals surface area contributed by atoms with Crippen LogP contribution in [0.4, 0.5) is 0 Å². The Labute approximate surface area is 113 Å². The molecule has 1 aromatic rings. The number of benzene rings is 1. The van der Waals surface area contributed by atoms with Crippen molar-refractivity contribution in [2.45, 2.75) is 35.8 Å². The minimum Gasteiger partial charge on any atom is -0.298 e. The van der Waals surface area contributed by atoms with E-state index in [1.807, 2.05) is 6.07 Å². The molecule has 1 nitrogen and oxygen atoms in total. The molecule has 94 valence electrons. The van der Waals surface area contributed by atoms with E-state index in [1.165, 1.54) is 4.90 Å². The molecule has 3 rings (SSSR count). The molecular weight excluding hydrogens is 240 g/mol. The number of carbonyl (C=O) groups excluding carboxylic acids is 1. The third-order valence-corrected chi connectivity index (χ3v) is 6.09. The van der Waals surface area contributed by atoms with Gasteiger partial charge in [-0.25, -0.2) is 0 Å². The van der Waals surface area contributed by atoms with Gasteiger partial charge in [0, 0.05) is 11.3 Å². The third kappa shape index (κ3) is 1.74. The van der Waals surface area contributed by atoms with Crippen LogP contribution in [0.2, 0.25) is 0 Å². The lowest BCUT2D eigenvalue weighted by Gasteiger charge is -2.39. The van der Waals surface area contributed by atoms with E-state index in [0.717, 1.165) is 19.3 Å². The zero-order valence-electron chi connectivity index (χ0n) is 10.6. The lowest BCUT2D eigenvalue weighted by Crippen LogP contribution is -2.44. The van der Waals surface area contributed by atoms with Crippen LogP contribution < -0.4 is 0 Å². The van der Waals surface area contributed by atoms with Gasteiger partial charge < -0.3 is 0 Å². The SMILES string of the molecule is C[C@H]1C=CC[C@@H]2CCC(=O)[C@@]21Sc1ccccc1. The molecule has 2 aliphatic carbocycles. The molecule has 0 saturated heterocycles. The predicted octanol–water partition coefficient (Wildman–Crippen LogP) is 4.09. The summed E-state index contributed by atoms with van der Waals surface area (Å²) in [6.07, 6.45) is 7.38. The number of carbonyl (C=O) groups is 1. The van der Waals surface area contributed by atoms with Crippen molar-refractivity contribution in [3.05, 3.63) is 42.5 Å². The average Bonchev–Trinajstić information content (AvgIpc) is 2.71. The highest BCUT2D eigenvalue weighted by Crippen LogP contribution is 2.54. The number of thioether (sulfide) groups is 1. The Morgan fingerprint density at radius 1 is 1.28 bits per heavy atom. The molecule has 0 spiro atoms. The second-order valence-corrected chi connectivity index (χ2v) is 6.67. The maximum atomic E-state index is 12.5. The second-order valence-electron chi connectivity index (χ2n) is 5.32. The van der Waals surface area contributed by atoms with E-state index < -0.39 is 0 Å². The van der Waals surface area contributed by atoms with E-state index in [0.29, 0.717) is 17.6 Å². The number of allylic oxidation sites excluding steroid dienone is 2. The van der Waals surface area contributed by atoms with Crippen molar-refractivity contribution in [3.63, 3.8) is 0 Å². The Morgan fingerprint density at radius 3 is 2.83 bits per heavy atom. The third-order valence-electron chi connectivity index (χ3n) is 4.31. The van der Waals surface area contributed by atoms with Crippen LogP contribution in [0.15, 0.2) is 47.4 Å². The summed E-state index contributed by atoms with van der Waals surface area (Å²) in [5, 5.41) is 0. The summed E-state index contributed by atoms with van der Waals surface area (Å²) in [6.45, 7) is 2.20. The highest BCUT2D eigenvalue weighted by atomic mass is 32.2. The molecule has 0 unspecified atom stereocenters. The molecule has 0 radical (unpaired) electrons. The Balaban J connectivity index is 1.99. The quantitative estimate of drug-likeness (QED) is 0.743. The molecule has 0 N–H and O–H groups in total. The number of hydrogen-bond donors (Lipinski definition) is 0. The molecule has 2 aliphatic rings. The number of ketones is 1. The van der Waals surface area contributed by atoms with Crippen molar-refractivity contribution in [2.24, 2.45) is 11.8 Å². The summed E-state index contributed by atoms with van der Waals surface area (Å²) in [6, 6.07) is 10.4. The lowest BCUT2D eigenvalue weighted by molar-refractivity contribution is -0.120. The molecule has 1 fully saturated rings. The van der Waals surface area contributed by atoms with Gasteiger partial charge in [-0.2, -0.15) is 0 Å². The fourth-order valence-electron chi connectivity index (χ4n) is 3.37. The largest absolute Gasteiger partial charge is 0.298 e. The van der Waals surface area contributed by atoms with Crippen molar-refractivity contribution >= 4 is 17.5 Å². The van der Waals surface area contributed by atoms with Crippen molar-refractivity contribution in [1.29, 1.82) is 0 Å². The van der Waals surface area contributed by atoms with Gasteiger partial charge in [-0.1, -0.05) is 37.3 Å². The summed E-state index contributed by atoms with van der Waals surface area (Å²) in [5.41, 5.74) is 0. The number of fused-ring (bicyclic) bond motifs is 1. The van der Waals surface area contributed by atoms with E-state index in [2.05, 4.69) is 43.3 Å². The Morgan fingerprint density at radius 2 is 2.06 bits per heavy atom. The smallest absolute Gasteiger partial charge is 0.150 e. The molecule has 0 bridgehead atoms. The van der Waals surface area contributed by atoms with Gasteiger partial charge >= 0.3 is 0 Å². The van der Waals surface area contributed by atoms with E-state index in [1.54, 1.807) is 11.8 Å². The fourth-order valence-corrected chi connectivity index (χ4v) is 4.91. The van der Waals surface area contributed by atoms with Crippen LogP contribution in [-0.2, 0) is 4.79 Å². The predicted molar refractivity (Wildman–Crippen MR) is 75.7 cm³/mol. The van der Waals surface area contributed by atoms with Gasteiger partial charge in [0.05, 0.1) is 4.75 Å². The molecule has 1 saturated carbocycles. The van der Waals surface area contributed by atoms with Crippen LogP contribution in [0.1, 0.15) is 26.2 Å². The first-order chi connectivity index (χ1) is 8.73. The fraction of sp³-hybridized carbons (Fsp3) is 0.438. The maximum Gasteiger partial charge on any atom is 0.150 e. The van der Waals surface area contributed by atoms with Crippen LogP contribution in [-0.4, -0.2) is 10.5 Å². The van der Waals surface area contributed by atoms with Crippen molar-refractivity contribution < 1.29 is 4.79 Å². The standard InChI is InChI=1S/C16H18OS/c1-12-6-5-7-13-10-11-15(17)16(12,13)18-14-8-3-2-4-9-14/h2-6,8-9,12-13H,7,10-11H2,1H3/t12-,13+,16-/m0/s1. The first kappa shape index (κ1) is 12.0. The molecule has 0 aliphatic heterocycles. The van der Waals surface area contributed by atoms with Crippen LogP contribution >= 0.6 is 11.8 Å². The summed E-state index contributed by atoms with van der Waals surface area (Å²) in [4.78, 5) is 13.7. The van der Waals surface area contributed by atoms with Gasteiger partial charge in [-0.15, -0.1) is 11.8 Å². The zero-order valence-corrected chi connectivity index (χ0v) is 11.5. The normalized spacial score (nSPS) is 34.6. The lowest BCUT2D eigenvalue weighted by atomic mass is 9.77. The minimum absolute atomic E-state index is 0.198. The monoisotopic (exact) mass is 258 g/mol. The number of rotatable bonds is 2. The molecule has 1 aromatic carbocycles. The van der Waals surface area contributed by atoms with Crippen LogP contribution in [0.25, 0.3) is 0 Å². The topological polar surface area (TPSA) is 17.1 Å². The van der Waals surface area contributed by atoms with E-state index in [-0.39, 0.29) is 4.75 Å². The summed E-state index contributed by atoms with van der Waals surface area (Å²) in [5.74, 6) is 1.32. The zero-order chi connectivity index (χ0) is 12.6. The van der Waals surface area contributed by atoms with Crippen LogP contribution in [0, 0.1) is 11.8 Å². The molecular formula is C16H18OS. The second kappa shape index (κ2) is 4.58. The highest BCUT2D eigenvalue weighted by Gasteiger charge is 2.53. The van der Waals surface area contributed by atoms with Gasteiger partial charge in [0.2, 0.25) is 0 Å². The van der Waals surface area contributed by atoms with Gasteiger partial charge in [0.25, 0.3) is 0 Å². The van der Waals surface area contributed by atoms with E-state index in [9.17, 15) is 4.79 Å². The van der Waals surface area contributed by atoms with Crippen molar-refractivity contribution in [2.75, 3.05) is 0 Å². The Bertz CT molecular complexity index is 479. The maximum absolute atomic E-state index is 12.5. The summed E-state index contributed by atoms with van der Waals surface area (Å²) in [7, 11) is 0. The molecule has 0 amide bonds. The van der Waals surface area contributed by atoms with Gasteiger partial charge in [0.15, 0.2) is 0 Å². The molecule has 0 aromatic heterocycles. The van der Waals surface area contributed by atoms with E-state index >= 15 is 0 Å². The Kier molecular flexibility index (Phi) is 3.06.